The van der Waals surface area contributed by atoms with E-state index in [-0.39, 0.29) is 5.91 Å². The molecule has 1 amide bonds. The molecule has 0 aromatic heterocycles. The van der Waals surface area contributed by atoms with E-state index in [0.29, 0.717) is 18.7 Å². The van der Waals surface area contributed by atoms with Gasteiger partial charge in [0.1, 0.15) is 6.29 Å². The van der Waals surface area contributed by atoms with E-state index in [0.717, 1.165) is 23.0 Å². The van der Waals surface area contributed by atoms with Gasteiger partial charge >= 0.3 is 0 Å². The highest BCUT2D eigenvalue weighted by Gasteiger charge is 2.18. The SMILES string of the molecule is O=Cc1ccc(N2CCNC(=O)C2)c(Br)c1. The van der Waals surface area contributed by atoms with Crippen molar-refractivity contribution < 1.29 is 9.59 Å². The zero-order chi connectivity index (χ0) is 11.5. The molecule has 16 heavy (non-hydrogen) atoms. The second-order valence-corrected chi connectivity index (χ2v) is 4.45. The van der Waals surface area contributed by atoms with Gasteiger partial charge in [-0.05, 0) is 34.1 Å². The van der Waals surface area contributed by atoms with Crippen molar-refractivity contribution in [3.63, 3.8) is 0 Å². The summed E-state index contributed by atoms with van der Waals surface area (Å²) in [6.07, 6.45) is 0.803. The molecule has 1 aliphatic heterocycles. The maximum Gasteiger partial charge on any atom is 0.239 e. The van der Waals surface area contributed by atoms with E-state index in [1.165, 1.54) is 0 Å². The first-order valence-corrected chi connectivity index (χ1v) is 5.76. The van der Waals surface area contributed by atoms with Gasteiger partial charge in [-0.25, -0.2) is 0 Å². The molecular formula is C11H11BrN2O2. The third kappa shape index (κ3) is 2.24. The van der Waals surface area contributed by atoms with Gasteiger partial charge in [0.2, 0.25) is 5.91 Å². The molecule has 0 atom stereocenters. The van der Waals surface area contributed by atoms with E-state index in [1.807, 2.05) is 11.0 Å². The lowest BCUT2D eigenvalue weighted by atomic mass is 10.2. The van der Waals surface area contributed by atoms with Gasteiger partial charge in [-0.2, -0.15) is 0 Å². The second kappa shape index (κ2) is 4.65. The summed E-state index contributed by atoms with van der Waals surface area (Å²) in [6.45, 7) is 1.80. The first kappa shape index (κ1) is 11.1. The maximum atomic E-state index is 11.3. The van der Waals surface area contributed by atoms with Crippen LogP contribution in [0, 0.1) is 0 Å². The lowest BCUT2D eigenvalue weighted by Gasteiger charge is -2.29. The van der Waals surface area contributed by atoms with Gasteiger partial charge in [0.15, 0.2) is 0 Å². The number of carbonyl (C=O) groups excluding carboxylic acids is 2. The largest absolute Gasteiger partial charge is 0.360 e. The Hall–Kier alpha value is -1.36. The van der Waals surface area contributed by atoms with Crippen molar-refractivity contribution in [2.75, 3.05) is 24.5 Å². The highest BCUT2D eigenvalue weighted by molar-refractivity contribution is 9.10. The van der Waals surface area contributed by atoms with E-state index in [9.17, 15) is 9.59 Å². The third-order valence-electron chi connectivity index (χ3n) is 2.49. The normalized spacial score (nSPS) is 15.8. The standard InChI is InChI=1S/C11H11BrN2O2/c12-9-5-8(7-15)1-2-10(9)14-4-3-13-11(16)6-14/h1-2,5,7H,3-4,6H2,(H,13,16). The minimum Gasteiger partial charge on any atom is -0.360 e. The molecule has 0 saturated carbocycles. The number of carbonyl (C=O) groups is 2. The lowest BCUT2D eigenvalue weighted by Crippen LogP contribution is -2.47. The topological polar surface area (TPSA) is 49.4 Å². The van der Waals surface area contributed by atoms with Crippen molar-refractivity contribution in [2.24, 2.45) is 0 Å². The Morgan fingerprint density at radius 3 is 2.88 bits per heavy atom. The highest BCUT2D eigenvalue weighted by atomic mass is 79.9. The molecule has 1 aromatic rings. The number of piperazine rings is 1. The molecule has 1 saturated heterocycles. The summed E-state index contributed by atoms with van der Waals surface area (Å²) in [5.41, 5.74) is 1.57. The van der Waals surface area contributed by atoms with Crippen molar-refractivity contribution in [1.82, 2.24) is 5.32 Å². The zero-order valence-corrected chi connectivity index (χ0v) is 10.2. The van der Waals surface area contributed by atoms with E-state index < -0.39 is 0 Å². The molecule has 1 heterocycles. The summed E-state index contributed by atoms with van der Waals surface area (Å²) in [5, 5.41) is 2.77. The molecule has 1 fully saturated rings. The van der Waals surface area contributed by atoms with E-state index in [4.69, 9.17) is 0 Å². The van der Waals surface area contributed by atoms with E-state index in [1.54, 1.807) is 12.1 Å². The first-order chi connectivity index (χ1) is 7.70. The molecule has 5 heteroatoms. The van der Waals surface area contributed by atoms with Crippen LogP contribution in [0.1, 0.15) is 10.4 Å². The fourth-order valence-corrected chi connectivity index (χ4v) is 2.34. The monoisotopic (exact) mass is 282 g/mol. The van der Waals surface area contributed by atoms with E-state index in [2.05, 4.69) is 21.2 Å². The molecule has 1 N–H and O–H groups in total. The fraction of sp³-hybridized carbons (Fsp3) is 0.273. The number of benzene rings is 1. The van der Waals surface area contributed by atoms with Gasteiger partial charge in [-0.15, -0.1) is 0 Å². The van der Waals surface area contributed by atoms with Crippen molar-refractivity contribution in [1.29, 1.82) is 0 Å². The minimum absolute atomic E-state index is 0.0256. The fourth-order valence-electron chi connectivity index (χ4n) is 1.70. The van der Waals surface area contributed by atoms with Gasteiger partial charge < -0.3 is 10.2 Å². The number of nitrogens with one attached hydrogen (secondary N) is 1. The number of aldehydes is 1. The number of anilines is 1. The van der Waals surface area contributed by atoms with Gasteiger partial charge in [-0.3, -0.25) is 9.59 Å². The Morgan fingerprint density at radius 1 is 1.44 bits per heavy atom. The molecule has 0 radical (unpaired) electrons. The molecule has 0 bridgehead atoms. The van der Waals surface area contributed by atoms with Crippen molar-refractivity contribution in [3.05, 3.63) is 28.2 Å². The Kier molecular flexibility index (Phi) is 3.24. The van der Waals surface area contributed by atoms with Crippen LogP contribution in [0.25, 0.3) is 0 Å². The first-order valence-electron chi connectivity index (χ1n) is 4.97. The van der Waals surface area contributed by atoms with E-state index >= 15 is 0 Å². The second-order valence-electron chi connectivity index (χ2n) is 3.60. The quantitative estimate of drug-likeness (QED) is 0.830. The van der Waals surface area contributed by atoms with Crippen molar-refractivity contribution in [2.45, 2.75) is 0 Å². The van der Waals surface area contributed by atoms with Crippen LogP contribution in [0.2, 0.25) is 0 Å². The summed E-state index contributed by atoms with van der Waals surface area (Å²) in [4.78, 5) is 23.8. The molecule has 1 aromatic carbocycles. The predicted molar refractivity (Wildman–Crippen MR) is 64.8 cm³/mol. The molecule has 0 aliphatic carbocycles. The molecule has 2 rings (SSSR count). The van der Waals surface area contributed by atoms with Gasteiger partial charge in [0.05, 0.1) is 12.2 Å². The third-order valence-corrected chi connectivity index (χ3v) is 3.12. The number of rotatable bonds is 2. The summed E-state index contributed by atoms with van der Waals surface area (Å²) in [6, 6.07) is 5.36. The van der Waals surface area contributed by atoms with Crippen LogP contribution >= 0.6 is 15.9 Å². The van der Waals surface area contributed by atoms with Crippen molar-refractivity contribution >= 4 is 33.8 Å². The van der Waals surface area contributed by atoms with Gasteiger partial charge in [-0.1, -0.05) is 0 Å². The van der Waals surface area contributed by atoms with Crippen LogP contribution < -0.4 is 10.2 Å². The number of hydrogen-bond donors (Lipinski definition) is 1. The summed E-state index contributed by atoms with van der Waals surface area (Å²) >= 11 is 3.41. The Labute approximate surface area is 102 Å². The molecule has 0 unspecified atom stereocenters. The number of halogens is 1. The minimum atomic E-state index is 0.0256. The van der Waals surface area contributed by atoms with Crippen LogP contribution in [-0.2, 0) is 4.79 Å². The molecular weight excluding hydrogens is 272 g/mol. The molecule has 4 nitrogen and oxygen atoms in total. The maximum absolute atomic E-state index is 11.3. The van der Waals surface area contributed by atoms with Gasteiger partial charge in [0, 0.05) is 23.1 Å². The average molecular weight is 283 g/mol. The Balaban J connectivity index is 2.26. The van der Waals surface area contributed by atoms with Gasteiger partial charge in [0.25, 0.3) is 0 Å². The van der Waals surface area contributed by atoms with Crippen LogP contribution in [-0.4, -0.2) is 31.8 Å². The molecule has 84 valence electrons. The summed E-state index contributed by atoms with van der Waals surface area (Å²) < 4.78 is 0.840. The lowest BCUT2D eigenvalue weighted by molar-refractivity contribution is -0.120. The summed E-state index contributed by atoms with van der Waals surface area (Å²) in [5.74, 6) is 0.0256. The zero-order valence-electron chi connectivity index (χ0n) is 8.57. The predicted octanol–water partition coefficient (Wildman–Crippen LogP) is 1.20. The van der Waals surface area contributed by atoms with Crippen LogP contribution in [0.15, 0.2) is 22.7 Å². The highest BCUT2D eigenvalue weighted by Crippen LogP contribution is 2.27. The Bertz CT molecular complexity index is 434. The van der Waals surface area contributed by atoms with Crippen LogP contribution in [0.3, 0.4) is 0 Å². The van der Waals surface area contributed by atoms with Crippen LogP contribution in [0.5, 0.6) is 0 Å². The number of nitrogens with zero attached hydrogens (tertiary/aromatic N) is 1. The van der Waals surface area contributed by atoms with Crippen molar-refractivity contribution in [3.8, 4) is 0 Å². The summed E-state index contributed by atoms with van der Waals surface area (Å²) in [7, 11) is 0. The molecule has 0 spiro atoms. The Morgan fingerprint density at radius 2 is 2.25 bits per heavy atom. The van der Waals surface area contributed by atoms with Crippen LogP contribution in [0.4, 0.5) is 5.69 Å². The average Bonchev–Trinajstić information content (AvgIpc) is 2.28. The number of hydrogen-bond acceptors (Lipinski definition) is 3. The molecule has 1 aliphatic rings. The number of amides is 1. The smallest absolute Gasteiger partial charge is 0.239 e.